The number of benzene rings is 1. The third kappa shape index (κ3) is 2.09. The summed E-state index contributed by atoms with van der Waals surface area (Å²) in [6, 6.07) is 7.67. The molecule has 15 heavy (non-hydrogen) atoms. The highest BCUT2D eigenvalue weighted by atomic mass is 35.5. The molecule has 1 aromatic carbocycles. The van der Waals surface area contributed by atoms with E-state index in [1.165, 1.54) is 0 Å². The minimum absolute atomic E-state index is 0.300. The molecule has 1 saturated heterocycles. The molecule has 1 atom stereocenters. The van der Waals surface area contributed by atoms with E-state index >= 15 is 0 Å². The van der Waals surface area contributed by atoms with Crippen molar-refractivity contribution in [1.82, 2.24) is 0 Å². The number of para-hydroxylation sites is 1. The predicted molar refractivity (Wildman–Crippen MR) is 62.3 cm³/mol. The van der Waals surface area contributed by atoms with Crippen molar-refractivity contribution in [3.63, 3.8) is 0 Å². The largest absolute Gasteiger partial charge is 0.387 e. The van der Waals surface area contributed by atoms with Gasteiger partial charge in [0.2, 0.25) is 0 Å². The van der Waals surface area contributed by atoms with E-state index in [0.29, 0.717) is 19.5 Å². The summed E-state index contributed by atoms with van der Waals surface area (Å²) in [6.45, 7) is 1.67. The zero-order valence-electron chi connectivity index (χ0n) is 8.49. The standard InChI is InChI=1S/C11H15ClN2O/c12-9-3-1-2-4-10(9)14-6-5-11(15,7-13)8-14/h1-4,15H,5-8,13H2. The molecule has 0 spiro atoms. The van der Waals surface area contributed by atoms with Gasteiger partial charge in [0.25, 0.3) is 0 Å². The highest BCUT2D eigenvalue weighted by Crippen LogP contribution is 2.31. The second-order valence-electron chi connectivity index (χ2n) is 4.05. The Morgan fingerprint density at radius 2 is 2.20 bits per heavy atom. The highest BCUT2D eigenvalue weighted by molar-refractivity contribution is 6.33. The van der Waals surface area contributed by atoms with Crippen LogP contribution in [0.1, 0.15) is 6.42 Å². The van der Waals surface area contributed by atoms with Crippen LogP contribution in [0.15, 0.2) is 24.3 Å². The van der Waals surface area contributed by atoms with Gasteiger partial charge in [-0.05, 0) is 18.6 Å². The molecule has 1 heterocycles. The van der Waals surface area contributed by atoms with Crippen molar-refractivity contribution in [3.05, 3.63) is 29.3 Å². The Bertz CT molecular complexity index is 358. The number of β-amino-alcohol motifs (C(OH)–C–C–N with tert-alkyl or cyclic N) is 1. The van der Waals surface area contributed by atoms with Crippen LogP contribution in [0.25, 0.3) is 0 Å². The molecular weight excluding hydrogens is 212 g/mol. The summed E-state index contributed by atoms with van der Waals surface area (Å²) in [5.74, 6) is 0. The van der Waals surface area contributed by atoms with Crippen LogP contribution < -0.4 is 10.6 Å². The molecule has 0 bridgehead atoms. The maximum atomic E-state index is 10.0. The van der Waals surface area contributed by atoms with Crippen LogP contribution in [0.4, 0.5) is 5.69 Å². The molecule has 3 N–H and O–H groups in total. The van der Waals surface area contributed by atoms with Gasteiger partial charge in [0.05, 0.1) is 16.3 Å². The van der Waals surface area contributed by atoms with E-state index in [2.05, 4.69) is 4.90 Å². The second-order valence-corrected chi connectivity index (χ2v) is 4.46. The zero-order chi connectivity index (χ0) is 10.9. The SMILES string of the molecule is NCC1(O)CCN(c2ccccc2Cl)C1. The summed E-state index contributed by atoms with van der Waals surface area (Å²) >= 11 is 6.09. The molecule has 4 heteroatoms. The van der Waals surface area contributed by atoms with Crippen LogP contribution in [0, 0.1) is 0 Å². The number of anilines is 1. The summed E-state index contributed by atoms with van der Waals surface area (Å²) in [5.41, 5.74) is 5.76. The lowest BCUT2D eigenvalue weighted by Crippen LogP contribution is -2.40. The zero-order valence-corrected chi connectivity index (χ0v) is 9.24. The quantitative estimate of drug-likeness (QED) is 0.798. The fraction of sp³-hybridized carbons (Fsp3) is 0.455. The van der Waals surface area contributed by atoms with Crippen molar-refractivity contribution >= 4 is 17.3 Å². The van der Waals surface area contributed by atoms with E-state index in [4.69, 9.17) is 17.3 Å². The molecule has 2 rings (SSSR count). The van der Waals surface area contributed by atoms with Crippen molar-refractivity contribution in [2.45, 2.75) is 12.0 Å². The van der Waals surface area contributed by atoms with E-state index in [0.717, 1.165) is 17.3 Å². The smallest absolute Gasteiger partial charge is 0.0959 e. The number of nitrogens with two attached hydrogens (primary N) is 1. The van der Waals surface area contributed by atoms with E-state index in [1.807, 2.05) is 24.3 Å². The van der Waals surface area contributed by atoms with Crippen molar-refractivity contribution in [3.8, 4) is 0 Å². The lowest BCUT2D eigenvalue weighted by atomic mass is 10.0. The van der Waals surface area contributed by atoms with E-state index in [1.54, 1.807) is 0 Å². The first-order valence-corrected chi connectivity index (χ1v) is 5.44. The molecular formula is C11H15ClN2O. The highest BCUT2D eigenvalue weighted by Gasteiger charge is 2.35. The fourth-order valence-electron chi connectivity index (χ4n) is 1.94. The third-order valence-electron chi connectivity index (χ3n) is 2.91. The van der Waals surface area contributed by atoms with Crippen molar-refractivity contribution in [2.75, 3.05) is 24.5 Å². The van der Waals surface area contributed by atoms with Crippen molar-refractivity contribution in [2.24, 2.45) is 5.73 Å². The maximum Gasteiger partial charge on any atom is 0.0959 e. The van der Waals surface area contributed by atoms with Crippen LogP contribution in [-0.2, 0) is 0 Å². The van der Waals surface area contributed by atoms with Gasteiger partial charge >= 0.3 is 0 Å². The molecule has 0 radical (unpaired) electrons. The van der Waals surface area contributed by atoms with Gasteiger partial charge in [-0.3, -0.25) is 0 Å². The summed E-state index contributed by atoms with van der Waals surface area (Å²) < 4.78 is 0. The monoisotopic (exact) mass is 226 g/mol. The minimum atomic E-state index is -0.751. The Morgan fingerprint density at radius 3 is 2.80 bits per heavy atom. The summed E-state index contributed by atoms with van der Waals surface area (Å²) in [4.78, 5) is 2.08. The molecule has 0 saturated carbocycles. The second kappa shape index (κ2) is 4.00. The molecule has 0 amide bonds. The van der Waals surface area contributed by atoms with Crippen LogP contribution >= 0.6 is 11.6 Å². The number of rotatable bonds is 2. The van der Waals surface area contributed by atoms with Gasteiger partial charge in [-0.15, -0.1) is 0 Å². The summed E-state index contributed by atoms with van der Waals surface area (Å²) in [6.07, 6.45) is 0.703. The van der Waals surface area contributed by atoms with Gasteiger partial charge in [0.1, 0.15) is 0 Å². The molecule has 1 aliphatic heterocycles. The molecule has 1 aliphatic rings. The molecule has 0 aromatic heterocycles. The number of halogens is 1. The lowest BCUT2D eigenvalue weighted by Gasteiger charge is -2.23. The Morgan fingerprint density at radius 1 is 1.47 bits per heavy atom. The summed E-state index contributed by atoms with van der Waals surface area (Å²) in [5, 5.41) is 10.7. The van der Waals surface area contributed by atoms with E-state index in [-0.39, 0.29) is 0 Å². The molecule has 82 valence electrons. The Balaban J connectivity index is 2.18. The first kappa shape index (κ1) is 10.7. The Labute approximate surface area is 94.4 Å². The Hall–Kier alpha value is -0.770. The topological polar surface area (TPSA) is 49.5 Å². The number of hydrogen-bond acceptors (Lipinski definition) is 3. The first-order valence-electron chi connectivity index (χ1n) is 5.06. The van der Waals surface area contributed by atoms with Gasteiger partial charge in [0, 0.05) is 19.6 Å². The van der Waals surface area contributed by atoms with E-state index < -0.39 is 5.60 Å². The molecule has 3 nitrogen and oxygen atoms in total. The molecule has 1 unspecified atom stereocenters. The van der Waals surface area contributed by atoms with Crippen LogP contribution in [0.2, 0.25) is 5.02 Å². The maximum absolute atomic E-state index is 10.0. The van der Waals surface area contributed by atoms with Gasteiger partial charge in [-0.2, -0.15) is 0 Å². The first-order chi connectivity index (χ1) is 7.14. The number of hydrogen-bond donors (Lipinski definition) is 2. The van der Waals surface area contributed by atoms with Gasteiger partial charge in [0.15, 0.2) is 0 Å². The summed E-state index contributed by atoms with van der Waals surface area (Å²) in [7, 11) is 0. The third-order valence-corrected chi connectivity index (χ3v) is 3.22. The van der Waals surface area contributed by atoms with Crippen molar-refractivity contribution < 1.29 is 5.11 Å². The number of aliphatic hydroxyl groups is 1. The van der Waals surface area contributed by atoms with Gasteiger partial charge < -0.3 is 15.7 Å². The average molecular weight is 227 g/mol. The van der Waals surface area contributed by atoms with Gasteiger partial charge in [-0.25, -0.2) is 0 Å². The van der Waals surface area contributed by atoms with Crippen LogP contribution in [-0.4, -0.2) is 30.3 Å². The van der Waals surface area contributed by atoms with Crippen molar-refractivity contribution in [1.29, 1.82) is 0 Å². The minimum Gasteiger partial charge on any atom is -0.387 e. The molecule has 1 aromatic rings. The normalized spacial score (nSPS) is 25.9. The molecule has 1 fully saturated rings. The average Bonchev–Trinajstić information content (AvgIpc) is 2.63. The predicted octanol–water partition coefficient (Wildman–Crippen LogP) is 1.24. The number of nitrogens with zero attached hydrogens (tertiary/aromatic N) is 1. The van der Waals surface area contributed by atoms with Gasteiger partial charge in [-0.1, -0.05) is 23.7 Å². The van der Waals surface area contributed by atoms with E-state index in [9.17, 15) is 5.11 Å². The molecule has 0 aliphatic carbocycles. The van der Waals surface area contributed by atoms with Crippen LogP contribution in [0.5, 0.6) is 0 Å². The van der Waals surface area contributed by atoms with Crippen LogP contribution in [0.3, 0.4) is 0 Å². The lowest BCUT2D eigenvalue weighted by molar-refractivity contribution is 0.0726. The Kier molecular flexibility index (Phi) is 2.87. The fourth-order valence-corrected chi connectivity index (χ4v) is 2.19.